The lowest BCUT2D eigenvalue weighted by Crippen LogP contribution is -2.42. The Morgan fingerprint density at radius 2 is 2.29 bits per heavy atom. The third-order valence-corrected chi connectivity index (χ3v) is 3.95. The quantitative estimate of drug-likeness (QED) is 0.686. The van der Waals surface area contributed by atoms with Crippen molar-refractivity contribution < 1.29 is 22.7 Å². The van der Waals surface area contributed by atoms with Crippen molar-refractivity contribution in [3.63, 3.8) is 0 Å². The molecule has 1 aliphatic rings. The van der Waals surface area contributed by atoms with E-state index in [0.717, 1.165) is 12.8 Å². The molecule has 1 aliphatic heterocycles. The van der Waals surface area contributed by atoms with Gasteiger partial charge in [0, 0.05) is 6.61 Å². The van der Waals surface area contributed by atoms with E-state index < -0.39 is 22.0 Å². The van der Waals surface area contributed by atoms with Crippen molar-refractivity contribution in [3.8, 4) is 0 Å². The largest absolute Gasteiger partial charge is 0.465 e. The van der Waals surface area contributed by atoms with Gasteiger partial charge in [-0.15, -0.1) is 0 Å². The molecule has 0 aromatic heterocycles. The zero-order chi connectivity index (χ0) is 12.9. The Labute approximate surface area is 102 Å². The SMILES string of the molecule is CCOC(=O)C(C)NS(=O)(=O)CC1CCCO1. The van der Waals surface area contributed by atoms with Crippen molar-refractivity contribution in [2.45, 2.75) is 38.8 Å². The van der Waals surface area contributed by atoms with Crippen LogP contribution in [0.4, 0.5) is 0 Å². The van der Waals surface area contributed by atoms with Crippen LogP contribution in [0, 0.1) is 0 Å². The van der Waals surface area contributed by atoms with Gasteiger partial charge in [-0.25, -0.2) is 13.1 Å². The predicted molar refractivity (Wildman–Crippen MR) is 62.0 cm³/mol. The van der Waals surface area contributed by atoms with E-state index in [2.05, 4.69) is 4.72 Å². The van der Waals surface area contributed by atoms with Crippen LogP contribution < -0.4 is 4.72 Å². The smallest absolute Gasteiger partial charge is 0.323 e. The molecule has 0 aromatic carbocycles. The Kier molecular flexibility index (Phi) is 5.35. The number of ether oxygens (including phenoxy) is 2. The van der Waals surface area contributed by atoms with E-state index in [-0.39, 0.29) is 18.5 Å². The lowest BCUT2D eigenvalue weighted by molar-refractivity contribution is -0.144. The fraction of sp³-hybridized carbons (Fsp3) is 0.900. The van der Waals surface area contributed by atoms with Crippen LogP contribution in [0.1, 0.15) is 26.7 Å². The van der Waals surface area contributed by atoms with E-state index >= 15 is 0 Å². The molecule has 0 amide bonds. The maximum absolute atomic E-state index is 11.7. The summed E-state index contributed by atoms with van der Waals surface area (Å²) in [6.45, 7) is 3.97. The number of nitrogens with one attached hydrogen (secondary N) is 1. The van der Waals surface area contributed by atoms with Gasteiger partial charge in [-0.1, -0.05) is 0 Å². The van der Waals surface area contributed by atoms with E-state index in [1.165, 1.54) is 6.92 Å². The molecule has 0 radical (unpaired) electrons. The molecule has 7 heteroatoms. The maximum atomic E-state index is 11.7. The first-order chi connectivity index (χ1) is 7.94. The van der Waals surface area contributed by atoms with Crippen molar-refractivity contribution in [1.82, 2.24) is 4.72 Å². The van der Waals surface area contributed by atoms with Gasteiger partial charge >= 0.3 is 5.97 Å². The van der Waals surface area contributed by atoms with E-state index in [4.69, 9.17) is 9.47 Å². The third-order valence-electron chi connectivity index (χ3n) is 2.43. The average Bonchev–Trinajstić information content (AvgIpc) is 2.69. The summed E-state index contributed by atoms with van der Waals surface area (Å²) in [4.78, 5) is 11.3. The second-order valence-corrected chi connectivity index (χ2v) is 5.81. The van der Waals surface area contributed by atoms with Crippen LogP contribution in [0.2, 0.25) is 0 Å². The van der Waals surface area contributed by atoms with Gasteiger partial charge in [-0.05, 0) is 26.7 Å². The van der Waals surface area contributed by atoms with Crippen molar-refractivity contribution in [3.05, 3.63) is 0 Å². The van der Waals surface area contributed by atoms with E-state index in [1.807, 2.05) is 0 Å². The van der Waals surface area contributed by atoms with Gasteiger partial charge in [-0.2, -0.15) is 0 Å². The fourth-order valence-electron chi connectivity index (χ4n) is 1.65. The topological polar surface area (TPSA) is 81.7 Å². The van der Waals surface area contributed by atoms with Gasteiger partial charge in [0.05, 0.1) is 18.5 Å². The predicted octanol–water partition coefficient (Wildman–Crippen LogP) is 0.0364. The van der Waals surface area contributed by atoms with Gasteiger partial charge < -0.3 is 9.47 Å². The summed E-state index contributed by atoms with van der Waals surface area (Å²) in [7, 11) is -3.50. The molecule has 1 fully saturated rings. The summed E-state index contributed by atoms with van der Waals surface area (Å²) in [5.41, 5.74) is 0. The molecular weight excluding hydrogens is 246 g/mol. The Hall–Kier alpha value is -0.660. The highest BCUT2D eigenvalue weighted by Crippen LogP contribution is 2.13. The van der Waals surface area contributed by atoms with E-state index in [9.17, 15) is 13.2 Å². The summed E-state index contributed by atoms with van der Waals surface area (Å²) < 4.78 is 35.7. The molecule has 0 bridgehead atoms. The highest BCUT2D eigenvalue weighted by atomic mass is 32.2. The molecule has 17 heavy (non-hydrogen) atoms. The summed E-state index contributed by atoms with van der Waals surface area (Å²) in [5.74, 6) is -0.667. The Balaban J connectivity index is 2.44. The molecule has 0 aromatic rings. The van der Waals surface area contributed by atoms with Gasteiger partial charge in [0.1, 0.15) is 6.04 Å². The second-order valence-electron chi connectivity index (χ2n) is 4.01. The van der Waals surface area contributed by atoms with Crippen molar-refractivity contribution in [1.29, 1.82) is 0 Å². The van der Waals surface area contributed by atoms with Crippen molar-refractivity contribution >= 4 is 16.0 Å². The molecule has 1 N–H and O–H groups in total. The third kappa shape index (κ3) is 5.01. The first-order valence-electron chi connectivity index (χ1n) is 5.73. The van der Waals surface area contributed by atoms with Crippen LogP contribution in [0.15, 0.2) is 0 Å². The molecule has 1 rings (SSSR count). The molecule has 1 heterocycles. The molecule has 0 saturated carbocycles. The van der Waals surface area contributed by atoms with Crippen molar-refractivity contribution in [2.24, 2.45) is 0 Å². The van der Waals surface area contributed by atoms with Crippen LogP contribution in [0.5, 0.6) is 0 Å². The zero-order valence-corrected chi connectivity index (χ0v) is 11.0. The summed E-state index contributed by atoms with van der Waals surface area (Å²) in [6, 6.07) is -0.860. The van der Waals surface area contributed by atoms with Gasteiger partial charge in [0.15, 0.2) is 0 Å². The molecule has 2 unspecified atom stereocenters. The number of hydrogen-bond acceptors (Lipinski definition) is 5. The molecule has 6 nitrogen and oxygen atoms in total. The van der Waals surface area contributed by atoms with E-state index in [1.54, 1.807) is 6.92 Å². The Morgan fingerprint density at radius 1 is 1.59 bits per heavy atom. The Morgan fingerprint density at radius 3 is 2.82 bits per heavy atom. The average molecular weight is 265 g/mol. The van der Waals surface area contributed by atoms with Gasteiger partial charge in [-0.3, -0.25) is 4.79 Å². The molecule has 100 valence electrons. The van der Waals surface area contributed by atoms with Crippen LogP contribution >= 0.6 is 0 Å². The molecule has 1 saturated heterocycles. The van der Waals surface area contributed by atoms with Gasteiger partial charge in [0.2, 0.25) is 10.0 Å². The Bertz CT molecular complexity index is 348. The van der Waals surface area contributed by atoms with E-state index in [0.29, 0.717) is 6.61 Å². The summed E-state index contributed by atoms with van der Waals surface area (Å²) in [5, 5.41) is 0. The van der Waals surface area contributed by atoms with Gasteiger partial charge in [0.25, 0.3) is 0 Å². The minimum atomic E-state index is -3.50. The fourth-order valence-corrected chi connectivity index (χ4v) is 3.14. The number of hydrogen-bond donors (Lipinski definition) is 1. The minimum absolute atomic E-state index is 0.100. The standard InChI is InChI=1S/C10H19NO5S/c1-3-15-10(12)8(2)11-17(13,14)7-9-5-4-6-16-9/h8-9,11H,3-7H2,1-2H3. The minimum Gasteiger partial charge on any atom is -0.465 e. The highest BCUT2D eigenvalue weighted by Gasteiger charge is 2.26. The first-order valence-corrected chi connectivity index (χ1v) is 7.38. The monoisotopic (exact) mass is 265 g/mol. The van der Waals surface area contributed by atoms with Crippen LogP contribution in [-0.2, 0) is 24.3 Å². The van der Waals surface area contributed by atoms with Crippen LogP contribution in [0.3, 0.4) is 0 Å². The zero-order valence-electron chi connectivity index (χ0n) is 10.1. The highest BCUT2D eigenvalue weighted by molar-refractivity contribution is 7.89. The molecule has 0 aliphatic carbocycles. The molecule has 2 atom stereocenters. The normalized spacial score (nSPS) is 22.4. The molecular formula is C10H19NO5S. The number of carbonyl (C=O) groups excluding carboxylic acids is 1. The van der Waals surface area contributed by atoms with Crippen molar-refractivity contribution in [2.75, 3.05) is 19.0 Å². The van der Waals surface area contributed by atoms with Crippen LogP contribution in [0.25, 0.3) is 0 Å². The number of sulfonamides is 1. The summed E-state index contributed by atoms with van der Waals surface area (Å²) in [6.07, 6.45) is 1.37. The number of esters is 1. The number of carbonyl (C=O) groups is 1. The summed E-state index contributed by atoms with van der Waals surface area (Å²) >= 11 is 0. The molecule has 0 spiro atoms. The second kappa shape index (κ2) is 6.32. The lowest BCUT2D eigenvalue weighted by atomic mass is 10.3. The first kappa shape index (κ1) is 14.4. The lowest BCUT2D eigenvalue weighted by Gasteiger charge is -2.15. The maximum Gasteiger partial charge on any atom is 0.323 e. The van der Waals surface area contributed by atoms with Crippen LogP contribution in [-0.4, -0.2) is 45.5 Å². The number of rotatable bonds is 6.